The Labute approximate surface area is 192 Å². The van der Waals surface area contributed by atoms with E-state index >= 15 is 0 Å². The van der Waals surface area contributed by atoms with Gasteiger partial charge in [0.2, 0.25) is 17.6 Å². The number of carbonyl (C=O) groups is 1. The number of fused-ring (bicyclic) bond motifs is 1. The molecule has 0 aliphatic rings. The summed E-state index contributed by atoms with van der Waals surface area (Å²) >= 11 is 1.54. The molecule has 0 aliphatic heterocycles. The summed E-state index contributed by atoms with van der Waals surface area (Å²) in [7, 11) is 0. The summed E-state index contributed by atoms with van der Waals surface area (Å²) in [5.41, 5.74) is 3.07. The lowest BCUT2D eigenvalue weighted by Gasteiger charge is -2.08. The van der Waals surface area contributed by atoms with E-state index in [-0.39, 0.29) is 18.1 Å². The fourth-order valence-electron chi connectivity index (χ4n) is 3.53. The van der Waals surface area contributed by atoms with Gasteiger partial charge in [-0.05, 0) is 66.8 Å². The minimum atomic E-state index is -0.327. The first-order valence-corrected chi connectivity index (χ1v) is 11.4. The van der Waals surface area contributed by atoms with Gasteiger partial charge >= 0.3 is 0 Å². The second-order valence-corrected chi connectivity index (χ2v) is 8.59. The Morgan fingerprint density at radius 3 is 2.82 bits per heavy atom. The highest BCUT2D eigenvalue weighted by Crippen LogP contribution is 2.29. The maximum Gasteiger partial charge on any atom is 0.226 e. The number of amides is 1. The first-order chi connectivity index (χ1) is 16.1. The summed E-state index contributed by atoms with van der Waals surface area (Å²) in [4.78, 5) is 22.8. The van der Waals surface area contributed by atoms with Gasteiger partial charge in [0, 0.05) is 24.6 Å². The summed E-state index contributed by atoms with van der Waals surface area (Å²) in [6, 6.07) is 13.8. The van der Waals surface area contributed by atoms with Gasteiger partial charge in [0.05, 0.1) is 4.88 Å². The number of aromatic nitrogens is 4. The number of rotatable bonds is 7. The Bertz CT molecular complexity index is 1410. The smallest absolute Gasteiger partial charge is 0.226 e. The molecule has 1 amide bonds. The van der Waals surface area contributed by atoms with Gasteiger partial charge in [-0.25, -0.2) is 9.37 Å². The van der Waals surface area contributed by atoms with Crippen LogP contribution in [0, 0.1) is 12.7 Å². The summed E-state index contributed by atoms with van der Waals surface area (Å²) in [5.74, 6) is 1.14. The van der Waals surface area contributed by atoms with Crippen LogP contribution in [0.4, 0.5) is 10.2 Å². The number of hydrogen-bond acceptors (Lipinski definition) is 6. The van der Waals surface area contributed by atoms with Gasteiger partial charge in [-0.3, -0.25) is 9.20 Å². The van der Waals surface area contributed by atoms with Crippen molar-refractivity contribution >= 4 is 28.7 Å². The Balaban J connectivity index is 1.30. The summed E-state index contributed by atoms with van der Waals surface area (Å²) in [6.07, 6.45) is 3.20. The van der Waals surface area contributed by atoms with Crippen molar-refractivity contribution in [2.45, 2.75) is 26.2 Å². The number of imidazole rings is 1. The van der Waals surface area contributed by atoms with Gasteiger partial charge in [-0.1, -0.05) is 11.2 Å². The highest BCUT2D eigenvalue weighted by Gasteiger charge is 2.17. The first kappa shape index (κ1) is 21.0. The van der Waals surface area contributed by atoms with Crippen molar-refractivity contribution in [2.24, 2.45) is 0 Å². The lowest BCUT2D eigenvalue weighted by Crippen LogP contribution is -2.14. The molecule has 0 bridgehead atoms. The molecule has 9 heteroatoms. The zero-order valence-electron chi connectivity index (χ0n) is 17.8. The standard InChI is InChI=1S/C24H20FN5O2S/c1-15-11-12-30-19(14-15)26-22(16-7-9-17(25)10-8-16)24(30)27-20(31)5-2-6-21-28-23(29-32-21)18-4-3-13-33-18/h3-4,7-14H,2,5-6H2,1H3,(H,27,31). The third-order valence-corrected chi connectivity index (χ3v) is 6.03. The Morgan fingerprint density at radius 2 is 2.03 bits per heavy atom. The molecule has 0 aliphatic carbocycles. The molecule has 0 saturated heterocycles. The van der Waals surface area contributed by atoms with Gasteiger partial charge in [-0.15, -0.1) is 11.3 Å². The van der Waals surface area contributed by atoms with E-state index in [0.717, 1.165) is 16.0 Å². The number of hydrogen-bond donors (Lipinski definition) is 1. The minimum absolute atomic E-state index is 0.154. The predicted molar refractivity (Wildman–Crippen MR) is 125 cm³/mol. The Hall–Kier alpha value is -3.85. The van der Waals surface area contributed by atoms with E-state index in [1.54, 1.807) is 23.5 Å². The SMILES string of the molecule is Cc1ccn2c(NC(=O)CCCc3nc(-c4cccs4)no3)c(-c3ccc(F)cc3)nc2c1. The maximum atomic E-state index is 13.4. The number of pyridine rings is 1. The summed E-state index contributed by atoms with van der Waals surface area (Å²) in [6.45, 7) is 1.98. The molecule has 33 heavy (non-hydrogen) atoms. The van der Waals surface area contributed by atoms with Crippen LogP contribution in [0.1, 0.15) is 24.3 Å². The average Bonchev–Trinajstić information content (AvgIpc) is 3.55. The van der Waals surface area contributed by atoms with Crippen LogP contribution >= 0.6 is 11.3 Å². The van der Waals surface area contributed by atoms with Crippen LogP contribution in [0.3, 0.4) is 0 Å². The lowest BCUT2D eigenvalue weighted by molar-refractivity contribution is -0.116. The van der Waals surface area contributed by atoms with E-state index < -0.39 is 0 Å². The molecule has 0 saturated carbocycles. The minimum Gasteiger partial charge on any atom is -0.339 e. The normalized spacial score (nSPS) is 11.2. The van der Waals surface area contributed by atoms with Crippen LogP contribution in [0.2, 0.25) is 0 Å². The van der Waals surface area contributed by atoms with Gasteiger partial charge in [0.25, 0.3) is 0 Å². The molecule has 7 nitrogen and oxygen atoms in total. The number of nitrogens with one attached hydrogen (secondary N) is 1. The largest absolute Gasteiger partial charge is 0.339 e. The molecule has 1 aromatic carbocycles. The van der Waals surface area contributed by atoms with Crippen molar-refractivity contribution in [3.05, 3.63) is 77.4 Å². The van der Waals surface area contributed by atoms with Crippen molar-refractivity contribution < 1.29 is 13.7 Å². The third-order valence-electron chi connectivity index (χ3n) is 5.16. The molecular weight excluding hydrogens is 441 g/mol. The number of carbonyl (C=O) groups excluding carboxylic acids is 1. The van der Waals surface area contributed by atoms with Crippen LogP contribution in [-0.2, 0) is 11.2 Å². The van der Waals surface area contributed by atoms with E-state index in [4.69, 9.17) is 4.52 Å². The third kappa shape index (κ3) is 4.54. The molecule has 5 aromatic rings. The van der Waals surface area contributed by atoms with Crippen molar-refractivity contribution in [3.8, 4) is 22.0 Å². The van der Waals surface area contributed by atoms with Crippen LogP contribution in [0.5, 0.6) is 0 Å². The van der Waals surface area contributed by atoms with E-state index in [0.29, 0.717) is 41.7 Å². The summed E-state index contributed by atoms with van der Waals surface area (Å²) in [5, 5.41) is 8.93. The summed E-state index contributed by atoms with van der Waals surface area (Å²) < 4.78 is 20.5. The molecule has 0 spiro atoms. The quantitative estimate of drug-likeness (QED) is 0.345. The Kier molecular flexibility index (Phi) is 5.70. The molecule has 0 unspecified atom stereocenters. The van der Waals surface area contributed by atoms with Crippen molar-refractivity contribution in [3.63, 3.8) is 0 Å². The van der Waals surface area contributed by atoms with E-state index in [9.17, 15) is 9.18 Å². The van der Waals surface area contributed by atoms with Gasteiger partial charge < -0.3 is 9.84 Å². The van der Waals surface area contributed by atoms with Crippen LogP contribution in [-0.4, -0.2) is 25.4 Å². The molecule has 166 valence electrons. The highest BCUT2D eigenvalue weighted by atomic mass is 32.1. The molecule has 0 fully saturated rings. The number of thiophene rings is 1. The number of aryl methyl sites for hydroxylation is 2. The van der Waals surface area contributed by atoms with Crippen LogP contribution in [0.25, 0.3) is 27.6 Å². The molecule has 1 N–H and O–H groups in total. The van der Waals surface area contributed by atoms with Crippen molar-refractivity contribution in [2.75, 3.05) is 5.32 Å². The number of benzene rings is 1. The fourth-order valence-corrected chi connectivity index (χ4v) is 4.18. The first-order valence-electron chi connectivity index (χ1n) is 10.5. The van der Waals surface area contributed by atoms with Crippen LogP contribution in [0.15, 0.2) is 64.6 Å². The maximum absolute atomic E-state index is 13.4. The number of nitrogens with zero attached hydrogens (tertiary/aromatic N) is 4. The fraction of sp³-hybridized carbons (Fsp3) is 0.167. The van der Waals surface area contributed by atoms with E-state index in [1.807, 2.05) is 47.2 Å². The van der Waals surface area contributed by atoms with Crippen molar-refractivity contribution in [1.29, 1.82) is 0 Å². The Morgan fingerprint density at radius 1 is 1.18 bits per heavy atom. The number of halogens is 1. The average molecular weight is 462 g/mol. The molecule has 4 aromatic heterocycles. The van der Waals surface area contributed by atoms with Gasteiger partial charge in [0.15, 0.2) is 0 Å². The number of anilines is 1. The molecule has 4 heterocycles. The molecule has 0 radical (unpaired) electrons. The lowest BCUT2D eigenvalue weighted by atomic mass is 10.1. The zero-order chi connectivity index (χ0) is 22.8. The molecule has 5 rings (SSSR count). The van der Waals surface area contributed by atoms with Gasteiger partial charge in [-0.2, -0.15) is 4.98 Å². The van der Waals surface area contributed by atoms with Gasteiger partial charge in [0.1, 0.15) is 23.0 Å². The van der Waals surface area contributed by atoms with Crippen LogP contribution < -0.4 is 5.32 Å². The second-order valence-electron chi connectivity index (χ2n) is 7.64. The highest BCUT2D eigenvalue weighted by molar-refractivity contribution is 7.13. The molecule has 0 atom stereocenters. The van der Waals surface area contributed by atoms with E-state index in [2.05, 4.69) is 20.4 Å². The topological polar surface area (TPSA) is 85.3 Å². The monoisotopic (exact) mass is 461 g/mol. The second kappa shape index (κ2) is 8.95. The zero-order valence-corrected chi connectivity index (χ0v) is 18.6. The van der Waals surface area contributed by atoms with E-state index in [1.165, 1.54) is 12.1 Å². The molecular formula is C24H20FN5O2S. The predicted octanol–water partition coefficient (Wildman–Crippen LogP) is 5.52. The van der Waals surface area contributed by atoms with Crippen molar-refractivity contribution in [1.82, 2.24) is 19.5 Å².